The lowest BCUT2D eigenvalue weighted by molar-refractivity contribution is -0.145. The number of carbonyl (C=O) groups is 3. The first kappa shape index (κ1) is 20.8. The van der Waals surface area contributed by atoms with E-state index in [2.05, 4.69) is 10.6 Å². The number of esters is 1. The molecule has 0 saturated carbocycles. The van der Waals surface area contributed by atoms with Crippen LogP contribution < -0.4 is 10.6 Å². The predicted molar refractivity (Wildman–Crippen MR) is 89.0 cm³/mol. The van der Waals surface area contributed by atoms with Crippen molar-refractivity contribution in [2.75, 3.05) is 26.9 Å². The fourth-order valence-electron chi connectivity index (χ4n) is 2.57. The van der Waals surface area contributed by atoms with E-state index >= 15 is 0 Å². The summed E-state index contributed by atoms with van der Waals surface area (Å²) in [5, 5.41) is 5.27. The standard InChI is InChI=1S/C15H25N2O8P/c1-15(2)9-24-26(21,22-3)25-13(15)14(20)16-7-6-12(19)23-8-10-4-5-11(18)17-10/h10,13H,4-9H2,1-3H3,(H,16,20)(H,17,18)/t10?,13-,26-/m0/s1. The quantitative estimate of drug-likeness (QED) is 0.474. The van der Waals surface area contributed by atoms with Gasteiger partial charge in [0.1, 0.15) is 6.61 Å². The zero-order chi connectivity index (χ0) is 19.4. The highest BCUT2D eigenvalue weighted by Crippen LogP contribution is 2.56. The summed E-state index contributed by atoms with van der Waals surface area (Å²) in [6.45, 7) is 3.67. The molecule has 0 radical (unpaired) electrons. The third-order valence-corrected chi connectivity index (χ3v) is 5.52. The average Bonchev–Trinajstić information content (AvgIpc) is 3.01. The van der Waals surface area contributed by atoms with E-state index in [4.69, 9.17) is 18.3 Å². The Morgan fingerprint density at radius 1 is 1.42 bits per heavy atom. The molecule has 0 aromatic carbocycles. The van der Waals surface area contributed by atoms with Gasteiger partial charge in [0.25, 0.3) is 0 Å². The molecule has 148 valence electrons. The highest BCUT2D eigenvalue weighted by molar-refractivity contribution is 7.48. The zero-order valence-electron chi connectivity index (χ0n) is 15.1. The SMILES string of the molecule is CO[P@@]1(=O)OCC(C)(C)[C@H](C(=O)NCCC(=O)OCC2CCC(=O)N2)O1. The van der Waals surface area contributed by atoms with Crippen molar-refractivity contribution in [1.29, 1.82) is 0 Å². The number of rotatable bonds is 7. The highest BCUT2D eigenvalue weighted by atomic mass is 31.2. The van der Waals surface area contributed by atoms with Crippen molar-refractivity contribution in [3.8, 4) is 0 Å². The zero-order valence-corrected chi connectivity index (χ0v) is 16.0. The Kier molecular flexibility index (Phi) is 6.79. The molecule has 0 bridgehead atoms. The van der Waals surface area contributed by atoms with Crippen molar-refractivity contribution in [2.45, 2.75) is 45.3 Å². The molecule has 2 amide bonds. The molecule has 0 aliphatic carbocycles. The van der Waals surface area contributed by atoms with Crippen LogP contribution in [0.1, 0.15) is 33.1 Å². The van der Waals surface area contributed by atoms with Crippen LogP contribution in [-0.2, 0) is 37.3 Å². The van der Waals surface area contributed by atoms with E-state index in [1.165, 1.54) is 7.11 Å². The van der Waals surface area contributed by atoms with Gasteiger partial charge in [-0.15, -0.1) is 0 Å². The number of amides is 2. The maximum Gasteiger partial charge on any atom is 0.475 e. The molecule has 2 aliphatic rings. The molecule has 2 N–H and O–H groups in total. The smallest absolute Gasteiger partial charge is 0.463 e. The minimum Gasteiger partial charge on any atom is -0.463 e. The van der Waals surface area contributed by atoms with Crippen molar-refractivity contribution >= 4 is 25.6 Å². The summed E-state index contributed by atoms with van der Waals surface area (Å²) in [6.07, 6.45) is 0.00731. The molecule has 0 aromatic rings. The Bertz CT molecular complexity index is 608. The van der Waals surface area contributed by atoms with Gasteiger partial charge in [-0.25, -0.2) is 4.57 Å². The number of ether oxygens (including phenoxy) is 1. The maximum absolute atomic E-state index is 12.3. The van der Waals surface area contributed by atoms with Crippen molar-refractivity contribution in [3.63, 3.8) is 0 Å². The molecule has 11 heteroatoms. The molecule has 26 heavy (non-hydrogen) atoms. The van der Waals surface area contributed by atoms with E-state index in [0.29, 0.717) is 12.8 Å². The number of phosphoric ester groups is 1. The number of hydrogen-bond acceptors (Lipinski definition) is 8. The van der Waals surface area contributed by atoms with Crippen LogP contribution in [0.25, 0.3) is 0 Å². The first-order chi connectivity index (χ1) is 12.1. The van der Waals surface area contributed by atoms with Crippen LogP contribution in [0.15, 0.2) is 0 Å². The molecule has 2 rings (SSSR count). The fourth-order valence-corrected chi connectivity index (χ4v) is 3.95. The molecule has 2 aliphatic heterocycles. The van der Waals surface area contributed by atoms with Crippen molar-refractivity contribution < 1.29 is 37.3 Å². The Morgan fingerprint density at radius 2 is 2.15 bits per heavy atom. The summed E-state index contributed by atoms with van der Waals surface area (Å²) in [5.74, 6) is -1.04. The summed E-state index contributed by atoms with van der Waals surface area (Å²) < 4.78 is 32.1. The molecule has 0 aromatic heterocycles. The van der Waals surface area contributed by atoms with E-state index in [9.17, 15) is 18.9 Å². The highest BCUT2D eigenvalue weighted by Gasteiger charge is 2.48. The summed E-state index contributed by atoms with van der Waals surface area (Å²) in [4.78, 5) is 35.1. The second-order valence-electron chi connectivity index (χ2n) is 6.90. The van der Waals surface area contributed by atoms with E-state index in [0.717, 1.165) is 0 Å². The van der Waals surface area contributed by atoms with Gasteiger partial charge >= 0.3 is 13.8 Å². The fraction of sp³-hybridized carbons (Fsp3) is 0.800. The van der Waals surface area contributed by atoms with Crippen molar-refractivity contribution in [2.24, 2.45) is 5.41 Å². The van der Waals surface area contributed by atoms with Crippen LogP contribution in [0.4, 0.5) is 0 Å². The number of phosphoric acid groups is 1. The Balaban J connectivity index is 1.74. The molecule has 2 fully saturated rings. The monoisotopic (exact) mass is 392 g/mol. The Hall–Kier alpha value is -1.48. The third-order valence-electron chi connectivity index (χ3n) is 4.16. The van der Waals surface area contributed by atoms with E-state index in [1.54, 1.807) is 13.8 Å². The molecule has 3 atom stereocenters. The van der Waals surface area contributed by atoms with Gasteiger partial charge in [0, 0.05) is 25.5 Å². The number of carbonyl (C=O) groups excluding carboxylic acids is 3. The van der Waals surface area contributed by atoms with Crippen LogP contribution in [0.3, 0.4) is 0 Å². The second kappa shape index (κ2) is 8.47. The topological polar surface area (TPSA) is 129 Å². The lowest BCUT2D eigenvalue weighted by atomic mass is 9.87. The molecular formula is C15H25N2O8P. The second-order valence-corrected chi connectivity index (χ2v) is 8.63. The number of hydrogen-bond donors (Lipinski definition) is 2. The van der Waals surface area contributed by atoms with Crippen LogP contribution in [0, 0.1) is 5.41 Å². The van der Waals surface area contributed by atoms with Gasteiger partial charge in [-0.2, -0.15) is 0 Å². The van der Waals surface area contributed by atoms with E-state index < -0.39 is 31.2 Å². The van der Waals surface area contributed by atoms with Gasteiger partial charge in [0.15, 0.2) is 6.10 Å². The lowest BCUT2D eigenvalue weighted by Crippen LogP contribution is -2.49. The largest absolute Gasteiger partial charge is 0.475 e. The predicted octanol–water partition coefficient (Wildman–Crippen LogP) is 0.511. The van der Waals surface area contributed by atoms with Gasteiger partial charge in [-0.3, -0.25) is 28.0 Å². The van der Waals surface area contributed by atoms with Gasteiger partial charge in [0.05, 0.1) is 19.1 Å². The summed E-state index contributed by atoms with van der Waals surface area (Å²) in [6, 6.07) is -0.152. The van der Waals surface area contributed by atoms with Crippen LogP contribution in [0.5, 0.6) is 0 Å². The normalized spacial score (nSPS) is 30.5. The van der Waals surface area contributed by atoms with Gasteiger partial charge in [-0.1, -0.05) is 13.8 Å². The van der Waals surface area contributed by atoms with Crippen molar-refractivity contribution in [1.82, 2.24) is 10.6 Å². The molecular weight excluding hydrogens is 367 g/mol. The van der Waals surface area contributed by atoms with Crippen LogP contribution in [0.2, 0.25) is 0 Å². The van der Waals surface area contributed by atoms with E-state index in [-0.39, 0.29) is 38.1 Å². The molecule has 10 nitrogen and oxygen atoms in total. The lowest BCUT2D eigenvalue weighted by Gasteiger charge is -2.39. The molecule has 0 spiro atoms. The molecule has 1 unspecified atom stereocenters. The van der Waals surface area contributed by atoms with Crippen molar-refractivity contribution in [3.05, 3.63) is 0 Å². The van der Waals surface area contributed by atoms with Gasteiger partial charge in [0.2, 0.25) is 11.8 Å². The Labute approximate surface area is 151 Å². The summed E-state index contributed by atoms with van der Waals surface area (Å²) in [7, 11) is -2.57. The maximum atomic E-state index is 12.3. The first-order valence-electron chi connectivity index (χ1n) is 8.36. The average molecular weight is 392 g/mol. The minimum atomic E-state index is -3.75. The van der Waals surface area contributed by atoms with Gasteiger partial charge < -0.3 is 15.4 Å². The Morgan fingerprint density at radius 3 is 2.77 bits per heavy atom. The molecule has 2 heterocycles. The minimum absolute atomic E-state index is 0.0298. The summed E-state index contributed by atoms with van der Waals surface area (Å²) in [5.41, 5.74) is -0.711. The third kappa shape index (κ3) is 5.51. The first-order valence-corrected chi connectivity index (χ1v) is 9.83. The van der Waals surface area contributed by atoms with Crippen LogP contribution in [-0.4, -0.2) is 56.8 Å². The van der Waals surface area contributed by atoms with E-state index in [1.807, 2.05) is 0 Å². The number of nitrogens with one attached hydrogen (secondary N) is 2. The van der Waals surface area contributed by atoms with Gasteiger partial charge in [-0.05, 0) is 6.42 Å². The molecule has 2 saturated heterocycles. The van der Waals surface area contributed by atoms with Crippen LogP contribution >= 0.6 is 7.82 Å². The summed E-state index contributed by atoms with van der Waals surface area (Å²) >= 11 is 0.